The molecule has 7 heteroatoms. The van der Waals surface area contributed by atoms with Gasteiger partial charge >= 0.3 is 11.9 Å². The minimum Gasteiger partial charge on any atom is -0.461 e. The lowest BCUT2D eigenvalue weighted by atomic mass is 9.80. The molecule has 3 aliphatic rings. The van der Waals surface area contributed by atoms with Crippen molar-refractivity contribution in [2.75, 3.05) is 6.61 Å². The molecule has 1 saturated heterocycles. The predicted octanol–water partition coefficient (Wildman–Crippen LogP) is 2.75. The molecule has 0 radical (unpaired) electrons. The van der Waals surface area contributed by atoms with Crippen molar-refractivity contribution < 1.29 is 23.9 Å². The van der Waals surface area contributed by atoms with Crippen LogP contribution in [0.4, 0.5) is 0 Å². The molecule has 1 aromatic rings. The van der Waals surface area contributed by atoms with Crippen LogP contribution in [-0.2, 0) is 19.1 Å². The SMILES string of the molecule is O=C(COC(=O)[C@H]1[C@H]2C[C@H]3[C@H](OC(=O)[C@@H]31)[C@@H]2Br)c1ccc(Br)cc1. The van der Waals surface area contributed by atoms with E-state index in [1.807, 2.05) is 0 Å². The third kappa shape index (κ3) is 2.44. The molecule has 2 aliphatic carbocycles. The van der Waals surface area contributed by atoms with Gasteiger partial charge in [-0.3, -0.25) is 14.4 Å². The maximum absolute atomic E-state index is 12.5. The fourth-order valence-electron chi connectivity index (χ4n) is 4.25. The number of esters is 2. The number of halogens is 2. The van der Waals surface area contributed by atoms with Crippen LogP contribution in [-0.4, -0.2) is 35.3 Å². The average Bonchev–Trinajstić information content (AvgIpc) is 3.17. The molecular formula is C17H14Br2O5. The second kappa shape index (κ2) is 5.95. The topological polar surface area (TPSA) is 69.7 Å². The van der Waals surface area contributed by atoms with Crippen molar-refractivity contribution in [1.82, 2.24) is 0 Å². The number of benzene rings is 1. The molecule has 24 heavy (non-hydrogen) atoms. The first-order valence-corrected chi connectivity index (χ1v) is 9.48. The maximum Gasteiger partial charge on any atom is 0.310 e. The first-order valence-electron chi connectivity index (χ1n) is 7.77. The Bertz CT molecular complexity index is 716. The summed E-state index contributed by atoms with van der Waals surface area (Å²) in [4.78, 5) is 36.6. The summed E-state index contributed by atoms with van der Waals surface area (Å²) in [6, 6.07) is 6.86. The summed E-state index contributed by atoms with van der Waals surface area (Å²) >= 11 is 6.86. The van der Waals surface area contributed by atoms with Gasteiger partial charge in [-0.25, -0.2) is 0 Å². The molecule has 1 aliphatic heterocycles. The van der Waals surface area contributed by atoms with Crippen molar-refractivity contribution in [3.8, 4) is 0 Å². The molecule has 0 unspecified atom stereocenters. The Kier molecular flexibility index (Phi) is 4.03. The molecule has 6 atom stereocenters. The van der Waals surface area contributed by atoms with Gasteiger partial charge in [-0.05, 0) is 24.5 Å². The van der Waals surface area contributed by atoms with E-state index in [-0.39, 0.29) is 41.1 Å². The van der Waals surface area contributed by atoms with Crippen molar-refractivity contribution >= 4 is 49.6 Å². The summed E-state index contributed by atoms with van der Waals surface area (Å²) in [6.07, 6.45) is 0.665. The highest BCUT2D eigenvalue weighted by Gasteiger charge is 2.68. The number of ketones is 1. The van der Waals surface area contributed by atoms with Gasteiger partial charge in [-0.1, -0.05) is 44.0 Å². The lowest BCUT2D eigenvalue weighted by Gasteiger charge is -2.26. The molecule has 0 aromatic heterocycles. The Labute approximate surface area is 155 Å². The van der Waals surface area contributed by atoms with Gasteiger partial charge in [0.05, 0.1) is 16.7 Å². The maximum atomic E-state index is 12.5. The largest absolute Gasteiger partial charge is 0.461 e. The first-order chi connectivity index (χ1) is 11.5. The number of rotatable bonds is 4. The molecule has 1 heterocycles. The molecule has 3 fully saturated rings. The highest BCUT2D eigenvalue weighted by Crippen LogP contribution is 2.60. The summed E-state index contributed by atoms with van der Waals surface area (Å²) in [7, 11) is 0. The minimum absolute atomic E-state index is 0.00933. The average molecular weight is 458 g/mol. The third-order valence-corrected chi connectivity index (χ3v) is 7.04. The van der Waals surface area contributed by atoms with E-state index < -0.39 is 17.8 Å². The Hall–Kier alpha value is -1.21. The molecule has 0 N–H and O–H groups in total. The lowest BCUT2D eigenvalue weighted by molar-refractivity contribution is -0.154. The summed E-state index contributed by atoms with van der Waals surface area (Å²) in [6.45, 7) is -0.313. The Balaban J connectivity index is 1.43. The third-order valence-electron chi connectivity index (χ3n) is 5.31. The van der Waals surface area contributed by atoms with Crippen LogP contribution in [0.5, 0.6) is 0 Å². The number of Topliss-reactive ketones (excluding diaryl/α,β-unsaturated/α-hetero) is 1. The zero-order valence-corrected chi connectivity index (χ0v) is 15.7. The van der Waals surface area contributed by atoms with E-state index in [1.165, 1.54) is 0 Å². The predicted molar refractivity (Wildman–Crippen MR) is 90.6 cm³/mol. The molecule has 4 rings (SSSR count). The van der Waals surface area contributed by atoms with Crippen molar-refractivity contribution in [3.63, 3.8) is 0 Å². The van der Waals surface area contributed by atoms with Crippen molar-refractivity contribution in [2.45, 2.75) is 17.4 Å². The highest BCUT2D eigenvalue weighted by molar-refractivity contribution is 9.10. The monoisotopic (exact) mass is 456 g/mol. The Morgan fingerprint density at radius 1 is 1.21 bits per heavy atom. The number of fused-ring (bicyclic) bond motifs is 1. The van der Waals surface area contributed by atoms with Gasteiger partial charge in [-0.2, -0.15) is 0 Å². The number of ether oxygens (including phenoxy) is 2. The zero-order chi connectivity index (χ0) is 17.0. The molecule has 0 spiro atoms. The summed E-state index contributed by atoms with van der Waals surface area (Å²) in [5.41, 5.74) is 0.484. The Morgan fingerprint density at radius 3 is 2.62 bits per heavy atom. The van der Waals surface area contributed by atoms with Gasteiger partial charge in [0.25, 0.3) is 0 Å². The van der Waals surface area contributed by atoms with Crippen LogP contribution < -0.4 is 0 Å². The van der Waals surface area contributed by atoms with Crippen molar-refractivity contribution in [3.05, 3.63) is 34.3 Å². The molecule has 1 aromatic carbocycles. The van der Waals surface area contributed by atoms with E-state index in [9.17, 15) is 14.4 Å². The second-order valence-electron chi connectivity index (χ2n) is 6.50. The smallest absolute Gasteiger partial charge is 0.310 e. The van der Waals surface area contributed by atoms with Crippen LogP contribution in [0.25, 0.3) is 0 Å². The van der Waals surface area contributed by atoms with Crippen LogP contribution >= 0.6 is 31.9 Å². The van der Waals surface area contributed by atoms with E-state index in [0.717, 1.165) is 10.9 Å². The van der Waals surface area contributed by atoms with Gasteiger partial charge in [0.15, 0.2) is 12.4 Å². The molecule has 0 amide bonds. The zero-order valence-electron chi connectivity index (χ0n) is 12.5. The fourth-order valence-corrected chi connectivity index (χ4v) is 5.56. The lowest BCUT2D eigenvalue weighted by Crippen LogP contribution is -2.39. The van der Waals surface area contributed by atoms with Crippen LogP contribution in [0.2, 0.25) is 0 Å². The van der Waals surface area contributed by atoms with E-state index in [1.54, 1.807) is 24.3 Å². The number of alkyl halides is 1. The fraction of sp³-hybridized carbons (Fsp3) is 0.471. The number of carbonyl (C=O) groups excluding carboxylic acids is 3. The van der Waals surface area contributed by atoms with Crippen LogP contribution in [0.1, 0.15) is 16.8 Å². The summed E-state index contributed by atoms with van der Waals surface area (Å²) < 4.78 is 11.5. The standard InChI is InChI=1S/C17H14Br2O5/c18-8-3-1-7(2-4-8)11(20)6-23-16(21)12-9-5-10-13(12)17(22)24-15(10)14(9)19/h1-4,9-10,12-15H,5-6H2/t9-,10-,12+,13+,14-,15+/m1/s1. The molecule has 5 nitrogen and oxygen atoms in total. The van der Waals surface area contributed by atoms with Crippen LogP contribution in [0.3, 0.4) is 0 Å². The van der Waals surface area contributed by atoms with Crippen LogP contribution in [0, 0.1) is 23.7 Å². The molecule has 126 valence electrons. The Morgan fingerprint density at radius 2 is 1.92 bits per heavy atom. The summed E-state index contributed by atoms with van der Waals surface area (Å²) in [5.74, 6) is -1.85. The number of hydrogen-bond acceptors (Lipinski definition) is 5. The highest BCUT2D eigenvalue weighted by atomic mass is 79.9. The van der Waals surface area contributed by atoms with Gasteiger partial charge in [0.2, 0.25) is 0 Å². The van der Waals surface area contributed by atoms with Gasteiger partial charge in [0.1, 0.15) is 6.10 Å². The van der Waals surface area contributed by atoms with E-state index in [4.69, 9.17) is 9.47 Å². The molecule has 2 saturated carbocycles. The summed E-state index contributed by atoms with van der Waals surface area (Å²) in [5, 5.41) is 0. The number of carbonyl (C=O) groups is 3. The van der Waals surface area contributed by atoms with Gasteiger partial charge in [-0.15, -0.1) is 0 Å². The van der Waals surface area contributed by atoms with E-state index in [0.29, 0.717) is 5.56 Å². The second-order valence-corrected chi connectivity index (χ2v) is 8.47. The van der Waals surface area contributed by atoms with E-state index >= 15 is 0 Å². The minimum atomic E-state index is -0.511. The normalized spacial score (nSPS) is 35.8. The van der Waals surface area contributed by atoms with Crippen molar-refractivity contribution in [2.24, 2.45) is 23.7 Å². The molecular weight excluding hydrogens is 444 g/mol. The van der Waals surface area contributed by atoms with Gasteiger partial charge < -0.3 is 9.47 Å². The first kappa shape index (κ1) is 16.3. The van der Waals surface area contributed by atoms with Crippen molar-refractivity contribution in [1.29, 1.82) is 0 Å². The molecule has 2 bridgehead atoms. The van der Waals surface area contributed by atoms with Crippen LogP contribution in [0.15, 0.2) is 28.7 Å². The van der Waals surface area contributed by atoms with Gasteiger partial charge in [0, 0.05) is 16.0 Å². The quantitative estimate of drug-likeness (QED) is 0.395. The number of hydrogen-bond donors (Lipinski definition) is 0. The van der Waals surface area contributed by atoms with E-state index in [2.05, 4.69) is 31.9 Å².